The Bertz CT molecular complexity index is 1340. The molecular weight excluding hydrogens is 486 g/mol. The lowest BCUT2D eigenvalue weighted by Gasteiger charge is -2.17. The molecule has 0 radical (unpaired) electrons. The van der Waals surface area contributed by atoms with E-state index in [4.69, 9.17) is 4.74 Å². The number of carbonyl (C=O) groups is 3. The summed E-state index contributed by atoms with van der Waals surface area (Å²) in [4.78, 5) is 49.6. The number of methoxy groups -OCH3 is 1. The van der Waals surface area contributed by atoms with Gasteiger partial charge < -0.3 is 20.7 Å². The van der Waals surface area contributed by atoms with Crippen LogP contribution < -0.4 is 26.2 Å². The van der Waals surface area contributed by atoms with Gasteiger partial charge >= 0.3 is 0 Å². The van der Waals surface area contributed by atoms with Crippen molar-refractivity contribution in [2.75, 3.05) is 25.5 Å². The third kappa shape index (κ3) is 7.28. The number of carbonyl (C=O) groups excluding carboxylic acids is 3. The molecule has 3 N–H and O–H groups in total. The van der Waals surface area contributed by atoms with Gasteiger partial charge in [-0.15, -0.1) is 0 Å². The molecular formula is C28H33N5O5. The summed E-state index contributed by atoms with van der Waals surface area (Å²) in [6.07, 6.45) is 0. The fourth-order valence-corrected chi connectivity index (χ4v) is 3.36. The summed E-state index contributed by atoms with van der Waals surface area (Å²) < 4.78 is 6.30. The average molecular weight is 520 g/mol. The molecule has 38 heavy (non-hydrogen) atoms. The van der Waals surface area contributed by atoms with Crippen LogP contribution in [0.5, 0.6) is 5.75 Å². The van der Waals surface area contributed by atoms with Crippen LogP contribution >= 0.6 is 0 Å². The van der Waals surface area contributed by atoms with Gasteiger partial charge in [-0.1, -0.05) is 20.8 Å². The zero-order chi connectivity index (χ0) is 27.9. The van der Waals surface area contributed by atoms with Crippen molar-refractivity contribution in [2.45, 2.75) is 33.7 Å². The molecule has 0 bridgehead atoms. The quantitative estimate of drug-likeness (QED) is 0.373. The van der Waals surface area contributed by atoms with E-state index >= 15 is 0 Å². The maximum Gasteiger partial charge on any atom is 0.267 e. The van der Waals surface area contributed by atoms with Crippen LogP contribution in [-0.4, -0.2) is 47.7 Å². The van der Waals surface area contributed by atoms with Crippen molar-refractivity contribution in [3.8, 4) is 17.0 Å². The first-order valence-electron chi connectivity index (χ1n) is 12.2. The maximum atomic E-state index is 12.7. The minimum atomic E-state index is -0.854. The monoisotopic (exact) mass is 519 g/mol. The standard InChI is InChI=1S/C28H33N5O5/c1-18(33-24(34)15-14-23(32-33)19-8-12-22(38-5)13-9-19)25(35)29-16-17-30-26(36)20-6-10-21(11-7-20)31-27(37)28(2,3)4/h6-15,18H,16-17H2,1-5H3,(H,29,35)(H,30,36)(H,31,37). The van der Waals surface area contributed by atoms with E-state index < -0.39 is 22.9 Å². The summed E-state index contributed by atoms with van der Waals surface area (Å²) in [7, 11) is 1.58. The molecule has 2 aromatic carbocycles. The van der Waals surface area contributed by atoms with Crippen molar-refractivity contribution in [2.24, 2.45) is 5.41 Å². The molecule has 0 aliphatic heterocycles. The topological polar surface area (TPSA) is 131 Å². The summed E-state index contributed by atoms with van der Waals surface area (Å²) in [5.74, 6) is -0.140. The minimum absolute atomic E-state index is 0.121. The van der Waals surface area contributed by atoms with Crippen molar-refractivity contribution in [1.29, 1.82) is 0 Å². The van der Waals surface area contributed by atoms with E-state index in [1.807, 2.05) is 32.9 Å². The van der Waals surface area contributed by atoms with Crippen molar-refractivity contribution in [1.82, 2.24) is 20.4 Å². The fraction of sp³-hybridized carbons (Fsp3) is 0.321. The predicted octanol–water partition coefficient (Wildman–Crippen LogP) is 3.01. The van der Waals surface area contributed by atoms with E-state index in [2.05, 4.69) is 21.0 Å². The zero-order valence-corrected chi connectivity index (χ0v) is 22.2. The number of benzene rings is 2. The van der Waals surface area contributed by atoms with Crippen molar-refractivity contribution in [3.63, 3.8) is 0 Å². The second kappa shape index (κ2) is 12.2. The molecule has 3 amide bonds. The lowest BCUT2D eigenvalue weighted by atomic mass is 9.95. The van der Waals surface area contributed by atoms with Crippen LogP contribution in [0.25, 0.3) is 11.3 Å². The molecule has 0 saturated heterocycles. The van der Waals surface area contributed by atoms with Gasteiger partial charge in [0.05, 0.1) is 12.8 Å². The van der Waals surface area contributed by atoms with E-state index in [0.717, 1.165) is 10.2 Å². The van der Waals surface area contributed by atoms with Gasteiger partial charge in [-0.2, -0.15) is 5.10 Å². The Morgan fingerprint density at radius 3 is 2.16 bits per heavy atom. The lowest BCUT2D eigenvalue weighted by molar-refractivity contribution is -0.124. The van der Waals surface area contributed by atoms with E-state index in [0.29, 0.717) is 22.7 Å². The Labute approximate surface area is 221 Å². The number of rotatable bonds is 9. The first kappa shape index (κ1) is 28.1. The van der Waals surface area contributed by atoms with Gasteiger partial charge in [0.2, 0.25) is 11.8 Å². The highest BCUT2D eigenvalue weighted by atomic mass is 16.5. The number of amides is 3. The smallest absolute Gasteiger partial charge is 0.267 e. The van der Waals surface area contributed by atoms with Crippen molar-refractivity contribution in [3.05, 3.63) is 76.6 Å². The number of nitrogens with zero attached hydrogens (tertiary/aromatic N) is 2. The fourth-order valence-electron chi connectivity index (χ4n) is 3.36. The molecule has 0 aliphatic rings. The molecule has 1 aromatic heterocycles. The van der Waals surface area contributed by atoms with Crippen LogP contribution in [0.1, 0.15) is 44.1 Å². The number of ether oxygens (including phenoxy) is 1. The van der Waals surface area contributed by atoms with Crippen molar-refractivity contribution < 1.29 is 19.1 Å². The van der Waals surface area contributed by atoms with E-state index in [9.17, 15) is 19.2 Å². The molecule has 0 saturated carbocycles. The average Bonchev–Trinajstić information content (AvgIpc) is 2.90. The Kier molecular flexibility index (Phi) is 9.01. The Morgan fingerprint density at radius 2 is 1.55 bits per heavy atom. The normalized spacial score (nSPS) is 11.8. The minimum Gasteiger partial charge on any atom is -0.497 e. The van der Waals surface area contributed by atoms with Gasteiger partial charge in [-0.05, 0) is 61.5 Å². The first-order valence-corrected chi connectivity index (χ1v) is 12.2. The van der Waals surface area contributed by atoms with Gasteiger partial charge in [0, 0.05) is 41.4 Å². The van der Waals surface area contributed by atoms with Crippen LogP contribution in [0.15, 0.2) is 65.5 Å². The third-order valence-electron chi connectivity index (χ3n) is 5.75. The van der Waals surface area contributed by atoms with Crippen LogP contribution in [0.2, 0.25) is 0 Å². The largest absolute Gasteiger partial charge is 0.497 e. The van der Waals surface area contributed by atoms with Gasteiger partial charge in [0.25, 0.3) is 11.5 Å². The SMILES string of the molecule is COc1ccc(-c2ccc(=O)n(C(C)C(=O)NCCNC(=O)c3ccc(NC(=O)C(C)(C)C)cc3)n2)cc1. The van der Waals surface area contributed by atoms with E-state index in [1.165, 1.54) is 6.07 Å². The highest BCUT2D eigenvalue weighted by Gasteiger charge is 2.21. The van der Waals surface area contributed by atoms with E-state index in [1.54, 1.807) is 56.5 Å². The summed E-state index contributed by atoms with van der Waals surface area (Å²) in [6, 6.07) is 15.9. The molecule has 1 unspecified atom stereocenters. The molecule has 1 heterocycles. The number of aromatic nitrogens is 2. The van der Waals surface area contributed by atoms with Crippen LogP contribution in [-0.2, 0) is 9.59 Å². The molecule has 0 aliphatic carbocycles. The van der Waals surface area contributed by atoms with Crippen molar-refractivity contribution >= 4 is 23.4 Å². The number of anilines is 1. The van der Waals surface area contributed by atoms with Crippen LogP contribution in [0.4, 0.5) is 5.69 Å². The summed E-state index contributed by atoms with van der Waals surface area (Å²) in [5, 5.41) is 12.6. The summed E-state index contributed by atoms with van der Waals surface area (Å²) in [6.45, 7) is 7.39. The van der Waals surface area contributed by atoms with Gasteiger partial charge in [-0.25, -0.2) is 4.68 Å². The second-order valence-corrected chi connectivity index (χ2v) is 9.73. The molecule has 10 heteroatoms. The summed E-state index contributed by atoms with van der Waals surface area (Å²) >= 11 is 0. The molecule has 0 fully saturated rings. The van der Waals surface area contributed by atoms with Crippen LogP contribution in [0.3, 0.4) is 0 Å². The third-order valence-corrected chi connectivity index (χ3v) is 5.75. The molecule has 1 atom stereocenters. The maximum absolute atomic E-state index is 12.7. The predicted molar refractivity (Wildman–Crippen MR) is 145 cm³/mol. The van der Waals surface area contributed by atoms with Gasteiger partial charge in [0.15, 0.2) is 0 Å². The Morgan fingerprint density at radius 1 is 0.921 bits per heavy atom. The molecule has 0 spiro atoms. The molecule has 3 rings (SSSR count). The van der Waals surface area contributed by atoms with Gasteiger partial charge in [0.1, 0.15) is 11.8 Å². The summed E-state index contributed by atoms with van der Waals surface area (Å²) in [5.41, 5.74) is 1.41. The molecule has 3 aromatic rings. The van der Waals surface area contributed by atoms with Crippen LogP contribution in [0, 0.1) is 5.41 Å². The lowest BCUT2D eigenvalue weighted by Crippen LogP contribution is -2.40. The first-order chi connectivity index (χ1) is 18.0. The highest BCUT2D eigenvalue weighted by Crippen LogP contribution is 2.20. The Hall–Kier alpha value is -4.47. The molecule has 10 nitrogen and oxygen atoms in total. The molecule has 200 valence electrons. The Balaban J connectivity index is 1.51. The van der Waals surface area contributed by atoms with Gasteiger partial charge in [-0.3, -0.25) is 19.2 Å². The second-order valence-electron chi connectivity index (χ2n) is 9.73. The highest BCUT2D eigenvalue weighted by molar-refractivity contribution is 5.97. The van der Waals surface area contributed by atoms with E-state index in [-0.39, 0.29) is 24.9 Å². The number of nitrogens with one attached hydrogen (secondary N) is 3. The number of hydrogen-bond acceptors (Lipinski definition) is 6. The zero-order valence-electron chi connectivity index (χ0n) is 22.2. The number of hydrogen-bond donors (Lipinski definition) is 3.